The van der Waals surface area contributed by atoms with E-state index in [1.165, 1.54) is 12.8 Å². The maximum atomic E-state index is 6.29. The predicted molar refractivity (Wildman–Crippen MR) is 82.4 cm³/mol. The van der Waals surface area contributed by atoms with Gasteiger partial charge in [-0.15, -0.1) is 0 Å². The molecule has 0 aliphatic heterocycles. The highest BCUT2D eigenvalue weighted by Gasteiger charge is 2.22. The molecule has 0 unspecified atom stereocenters. The molecule has 0 bridgehead atoms. The summed E-state index contributed by atoms with van der Waals surface area (Å²) in [5, 5.41) is 0. The second kappa shape index (κ2) is 7.53. The van der Waals surface area contributed by atoms with Gasteiger partial charge in [0, 0.05) is 0 Å². The minimum absolute atomic E-state index is 0.323. The Balaban J connectivity index is 2.14. The van der Waals surface area contributed by atoms with Gasteiger partial charge in [0.15, 0.2) is 11.5 Å². The molecule has 2 N–H and O–H groups in total. The van der Waals surface area contributed by atoms with Crippen molar-refractivity contribution in [3.05, 3.63) is 23.8 Å². The lowest BCUT2D eigenvalue weighted by molar-refractivity contribution is 0.128. The first-order chi connectivity index (χ1) is 9.74. The normalized spacial score (nSPS) is 22.6. The van der Waals surface area contributed by atoms with Gasteiger partial charge in [0.05, 0.1) is 12.7 Å². The molecule has 0 spiro atoms. The van der Waals surface area contributed by atoms with E-state index in [4.69, 9.17) is 15.2 Å². The lowest BCUT2D eigenvalue weighted by Gasteiger charge is -2.28. The van der Waals surface area contributed by atoms with Gasteiger partial charge in [0.25, 0.3) is 0 Å². The zero-order chi connectivity index (χ0) is 14.4. The van der Waals surface area contributed by atoms with Gasteiger partial charge in [-0.3, -0.25) is 0 Å². The summed E-state index contributed by atoms with van der Waals surface area (Å²) in [5.74, 6) is 2.61. The molecule has 1 aliphatic carbocycles. The van der Waals surface area contributed by atoms with Crippen molar-refractivity contribution in [2.45, 2.75) is 52.1 Å². The third kappa shape index (κ3) is 3.89. The van der Waals surface area contributed by atoms with Gasteiger partial charge >= 0.3 is 0 Å². The molecule has 1 aromatic rings. The van der Waals surface area contributed by atoms with Crippen LogP contribution in [-0.2, 0) is 6.42 Å². The topological polar surface area (TPSA) is 44.5 Å². The number of rotatable bonds is 6. The Kier molecular flexibility index (Phi) is 5.72. The average Bonchev–Trinajstić information content (AvgIpc) is 2.45. The highest BCUT2D eigenvalue weighted by Crippen LogP contribution is 2.35. The SMILES string of the molecule is CCOc1cccc(CCN)c1OC1CCC(C)CC1. The summed E-state index contributed by atoms with van der Waals surface area (Å²) in [4.78, 5) is 0. The van der Waals surface area contributed by atoms with Gasteiger partial charge in [-0.1, -0.05) is 19.1 Å². The van der Waals surface area contributed by atoms with Crippen molar-refractivity contribution in [3.63, 3.8) is 0 Å². The van der Waals surface area contributed by atoms with E-state index >= 15 is 0 Å². The van der Waals surface area contributed by atoms with Crippen LogP contribution in [0, 0.1) is 5.92 Å². The van der Waals surface area contributed by atoms with Crippen molar-refractivity contribution in [1.29, 1.82) is 0 Å². The molecule has 3 nitrogen and oxygen atoms in total. The second-order valence-corrected chi connectivity index (χ2v) is 5.72. The summed E-state index contributed by atoms with van der Waals surface area (Å²) < 4.78 is 12.0. The third-order valence-corrected chi connectivity index (χ3v) is 4.02. The van der Waals surface area contributed by atoms with Crippen LogP contribution in [-0.4, -0.2) is 19.3 Å². The summed E-state index contributed by atoms with van der Waals surface area (Å²) in [7, 11) is 0. The quantitative estimate of drug-likeness (QED) is 0.865. The number of hydrogen-bond acceptors (Lipinski definition) is 3. The van der Waals surface area contributed by atoms with Crippen LogP contribution in [0.5, 0.6) is 11.5 Å². The fourth-order valence-corrected chi connectivity index (χ4v) is 2.83. The maximum absolute atomic E-state index is 6.29. The molecule has 20 heavy (non-hydrogen) atoms. The lowest BCUT2D eigenvalue weighted by atomic mass is 9.89. The molecule has 0 amide bonds. The van der Waals surface area contributed by atoms with Crippen LogP contribution >= 0.6 is 0 Å². The molecule has 2 rings (SSSR count). The summed E-state index contributed by atoms with van der Waals surface area (Å²) >= 11 is 0. The summed E-state index contributed by atoms with van der Waals surface area (Å²) in [6.07, 6.45) is 5.96. The Bertz CT molecular complexity index is 387. The Hall–Kier alpha value is -1.22. The highest BCUT2D eigenvalue weighted by molar-refractivity contribution is 5.47. The van der Waals surface area contributed by atoms with E-state index in [2.05, 4.69) is 13.0 Å². The summed E-state index contributed by atoms with van der Waals surface area (Å²) in [5.41, 5.74) is 6.87. The Labute approximate surface area is 122 Å². The number of ether oxygens (including phenoxy) is 2. The van der Waals surface area contributed by atoms with E-state index in [-0.39, 0.29) is 0 Å². The van der Waals surface area contributed by atoms with E-state index in [1.807, 2.05) is 19.1 Å². The van der Waals surface area contributed by atoms with Gasteiger partial charge in [-0.2, -0.15) is 0 Å². The molecule has 112 valence electrons. The fraction of sp³-hybridized carbons (Fsp3) is 0.647. The van der Waals surface area contributed by atoms with Crippen LogP contribution < -0.4 is 15.2 Å². The Morgan fingerprint density at radius 1 is 1.20 bits per heavy atom. The Morgan fingerprint density at radius 3 is 2.60 bits per heavy atom. The largest absolute Gasteiger partial charge is 0.490 e. The van der Waals surface area contributed by atoms with Crippen LogP contribution in [0.15, 0.2) is 18.2 Å². The molecule has 1 fully saturated rings. The number of benzene rings is 1. The summed E-state index contributed by atoms with van der Waals surface area (Å²) in [6, 6.07) is 6.10. The number of para-hydroxylation sites is 1. The van der Waals surface area contributed by atoms with E-state index in [1.54, 1.807) is 0 Å². The van der Waals surface area contributed by atoms with Gasteiger partial charge in [0.2, 0.25) is 0 Å². The van der Waals surface area contributed by atoms with Gasteiger partial charge in [-0.25, -0.2) is 0 Å². The van der Waals surface area contributed by atoms with Gasteiger partial charge in [-0.05, 0) is 63.1 Å². The smallest absolute Gasteiger partial charge is 0.164 e. The minimum Gasteiger partial charge on any atom is -0.490 e. The highest BCUT2D eigenvalue weighted by atomic mass is 16.5. The first-order valence-corrected chi connectivity index (χ1v) is 7.86. The van der Waals surface area contributed by atoms with Crippen LogP contribution in [0.4, 0.5) is 0 Å². The maximum Gasteiger partial charge on any atom is 0.164 e. The van der Waals surface area contributed by atoms with E-state index in [0.717, 1.165) is 42.2 Å². The summed E-state index contributed by atoms with van der Waals surface area (Å²) in [6.45, 7) is 5.61. The molecule has 1 aliphatic rings. The third-order valence-electron chi connectivity index (χ3n) is 4.02. The minimum atomic E-state index is 0.323. The predicted octanol–water partition coefficient (Wildman–Crippen LogP) is 3.54. The molecule has 0 aromatic heterocycles. The van der Waals surface area contributed by atoms with Crippen molar-refractivity contribution in [2.24, 2.45) is 11.7 Å². The molecule has 0 radical (unpaired) electrons. The zero-order valence-electron chi connectivity index (χ0n) is 12.7. The van der Waals surface area contributed by atoms with Gasteiger partial charge in [0.1, 0.15) is 0 Å². The van der Waals surface area contributed by atoms with Crippen LogP contribution in [0.3, 0.4) is 0 Å². The molecule has 3 heteroatoms. The first-order valence-electron chi connectivity index (χ1n) is 7.86. The van der Waals surface area contributed by atoms with Crippen LogP contribution in [0.1, 0.15) is 45.1 Å². The van der Waals surface area contributed by atoms with Crippen LogP contribution in [0.25, 0.3) is 0 Å². The lowest BCUT2D eigenvalue weighted by Crippen LogP contribution is -2.24. The molecular weight excluding hydrogens is 250 g/mol. The molecule has 0 heterocycles. The van der Waals surface area contributed by atoms with Crippen molar-refractivity contribution in [1.82, 2.24) is 0 Å². The monoisotopic (exact) mass is 277 g/mol. The van der Waals surface area contributed by atoms with Crippen molar-refractivity contribution >= 4 is 0 Å². The average molecular weight is 277 g/mol. The second-order valence-electron chi connectivity index (χ2n) is 5.72. The molecule has 0 saturated heterocycles. The van der Waals surface area contributed by atoms with Gasteiger partial charge < -0.3 is 15.2 Å². The molecule has 1 saturated carbocycles. The molecule has 1 aromatic carbocycles. The van der Waals surface area contributed by atoms with E-state index in [0.29, 0.717) is 19.3 Å². The zero-order valence-corrected chi connectivity index (χ0v) is 12.7. The number of nitrogens with two attached hydrogens (primary N) is 1. The molecular formula is C17H27NO2. The fourth-order valence-electron chi connectivity index (χ4n) is 2.83. The molecule has 0 atom stereocenters. The van der Waals surface area contributed by atoms with E-state index in [9.17, 15) is 0 Å². The standard InChI is InChI=1S/C17H27NO2/c1-3-19-16-6-4-5-14(11-12-18)17(16)20-15-9-7-13(2)8-10-15/h4-6,13,15H,3,7-12,18H2,1-2H3. The van der Waals surface area contributed by atoms with Crippen molar-refractivity contribution in [2.75, 3.05) is 13.2 Å². The van der Waals surface area contributed by atoms with E-state index < -0.39 is 0 Å². The van der Waals surface area contributed by atoms with Crippen molar-refractivity contribution < 1.29 is 9.47 Å². The van der Waals surface area contributed by atoms with Crippen molar-refractivity contribution in [3.8, 4) is 11.5 Å². The van der Waals surface area contributed by atoms with Crippen LogP contribution in [0.2, 0.25) is 0 Å². The number of hydrogen-bond donors (Lipinski definition) is 1. The Morgan fingerprint density at radius 2 is 1.95 bits per heavy atom. The first kappa shape index (κ1) is 15.2.